The van der Waals surface area contributed by atoms with Crippen molar-refractivity contribution in [3.05, 3.63) is 29.8 Å². The number of amides is 1. The molecule has 1 amide bonds. The zero-order valence-electron chi connectivity index (χ0n) is 19.5. The molecular weight excluding hydrogens is 430 g/mol. The van der Waals surface area contributed by atoms with Gasteiger partial charge in [0, 0.05) is 6.42 Å². The molecule has 1 aliphatic rings. The van der Waals surface area contributed by atoms with Gasteiger partial charge in [0.1, 0.15) is 0 Å². The Morgan fingerprint density at radius 1 is 1.09 bits per heavy atom. The fourth-order valence-corrected chi connectivity index (χ4v) is 5.73. The monoisotopic (exact) mass is 467 g/mol. The Hall–Kier alpha value is -1.93. The Bertz CT molecular complexity index is 882. The lowest BCUT2D eigenvalue weighted by molar-refractivity contribution is -0.119. The number of carboxylic acid groups (broad SMARTS) is 1. The molecule has 0 radical (unpaired) electrons. The Labute approximate surface area is 191 Å². The van der Waals surface area contributed by atoms with Crippen LogP contribution in [0.3, 0.4) is 0 Å². The maximum absolute atomic E-state index is 12.4. The van der Waals surface area contributed by atoms with Crippen LogP contribution in [0.25, 0.3) is 0 Å². The van der Waals surface area contributed by atoms with E-state index in [2.05, 4.69) is 32.4 Å². The summed E-state index contributed by atoms with van der Waals surface area (Å²) in [6.45, 7) is 8.42. The van der Waals surface area contributed by atoms with Crippen molar-refractivity contribution in [1.82, 2.24) is 4.72 Å². The first-order chi connectivity index (χ1) is 15.0. The number of hydrogen-bond donors (Lipinski definition) is 3. The number of rotatable bonds is 11. The molecule has 180 valence electrons. The van der Waals surface area contributed by atoms with Crippen molar-refractivity contribution in [1.29, 1.82) is 0 Å². The molecule has 1 aliphatic carbocycles. The second-order valence-corrected chi connectivity index (χ2v) is 11.1. The predicted molar refractivity (Wildman–Crippen MR) is 123 cm³/mol. The second-order valence-electron chi connectivity index (χ2n) is 9.44. The predicted octanol–water partition coefficient (Wildman–Crippen LogP) is 4.07. The molecule has 0 heterocycles. The van der Waals surface area contributed by atoms with Gasteiger partial charge in [-0.05, 0) is 79.5 Å². The van der Waals surface area contributed by atoms with Gasteiger partial charge in [-0.1, -0.05) is 34.1 Å². The van der Waals surface area contributed by atoms with Crippen molar-refractivity contribution in [3.8, 4) is 0 Å². The van der Waals surface area contributed by atoms with Crippen molar-refractivity contribution >= 4 is 21.9 Å². The summed E-state index contributed by atoms with van der Waals surface area (Å²) in [6.07, 6.45) is 4.56. The molecule has 32 heavy (non-hydrogen) atoms. The summed E-state index contributed by atoms with van der Waals surface area (Å²) in [5.41, 5.74) is -0.0232. The van der Waals surface area contributed by atoms with Crippen LogP contribution in [0.1, 0.15) is 76.6 Å². The number of carbonyl (C=O) groups excluding carboxylic acids is 1. The Balaban J connectivity index is 1.84. The number of sulfonamides is 1. The smallest absolute Gasteiger partial charge is 0.335 e. The van der Waals surface area contributed by atoms with Gasteiger partial charge in [-0.2, -0.15) is 0 Å². The van der Waals surface area contributed by atoms with E-state index in [0.29, 0.717) is 18.3 Å². The van der Waals surface area contributed by atoms with Crippen LogP contribution in [-0.2, 0) is 14.8 Å². The van der Waals surface area contributed by atoms with Gasteiger partial charge in [-0.25, -0.2) is 17.9 Å². The third-order valence-electron chi connectivity index (χ3n) is 7.31. The van der Waals surface area contributed by atoms with E-state index in [1.807, 2.05) is 0 Å². The van der Waals surface area contributed by atoms with Crippen LogP contribution in [0.2, 0.25) is 0 Å². The average molecular weight is 468 g/mol. The van der Waals surface area contributed by atoms with E-state index >= 15 is 0 Å². The molecule has 0 saturated heterocycles. The van der Waals surface area contributed by atoms with Crippen LogP contribution in [-0.4, -0.2) is 36.6 Å². The van der Waals surface area contributed by atoms with Crippen LogP contribution in [0.4, 0.5) is 0 Å². The maximum atomic E-state index is 12.4. The van der Waals surface area contributed by atoms with Crippen molar-refractivity contribution in [3.63, 3.8) is 0 Å². The molecule has 8 heteroatoms. The number of aliphatic hydroxyl groups is 1. The van der Waals surface area contributed by atoms with E-state index in [1.165, 1.54) is 24.3 Å². The van der Waals surface area contributed by atoms with Crippen LogP contribution in [0.5, 0.6) is 0 Å². The molecule has 1 aromatic rings. The normalized spacial score (nSPS) is 22.7. The van der Waals surface area contributed by atoms with Crippen LogP contribution >= 0.6 is 0 Å². The summed E-state index contributed by atoms with van der Waals surface area (Å²) in [4.78, 5) is 23.0. The summed E-state index contributed by atoms with van der Waals surface area (Å²) in [6, 6.07) is 4.74. The largest absolute Gasteiger partial charge is 0.478 e. The summed E-state index contributed by atoms with van der Waals surface area (Å²) in [5.74, 6) is 0.0694. The van der Waals surface area contributed by atoms with Crippen LogP contribution in [0, 0.1) is 29.6 Å². The summed E-state index contributed by atoms with van der Waals surface area (Å²) < 4.78 is 26.8. The third-order valence-corrected chi connectivity index (χ3v) is 8.70. The average Bonchev–Trinajstić information content (AvgIpc) is 3.26. The minimum Gasteiger partial charge on any atom is -0.478 e. The molecule has 2 rings (SSSR count). The minimum atomic E-state index is -4.03. The zero-order valence-corrected chi connectivity index (χ0v) is 20.3. The van der Waals surface area contributed by atoms with Gasteiger partial charge in [0.05, 0.1) is 16.6 Å². The third kappa shape index (κ3) is 6.78. The molecule has 2 unspecified atom stereocenters. The lowest BCUT2D eigenvalue weighted by atomic mass is 9.80. The van der Waals surface area contributed by atoms with E-state index < -0.39 is 21.9 Å². The molecule has 6 atom stereocenters. The molecule has 7 nitrogen and oxygen atoms in total. The molecule has 0 spiro atoms. The molecular formula is C24H37NO6S. The van der Waals surface area contributed by atoms with Gasteiger partial charge >= 0.3 is 5.97 Å². The number of hydrogen-bond acceptors (Lipinski definition) is 5. The standard InChI is InChI=1S/C24H37NO6S/c1-5-15(2)23(27)17(4)20-8-7-19(14-20)16(3)6-13-22(26)25-32(30,31)21-11-9-18(10-12-21)24(28)29/h9-12,15-17,19-20,23,27H,5-8,13-14H2,1-4H3,(H,25,26)(H,28,29)/t15-,16+,17?,19-,20?,23+/m0/s1. The van der Waals surface area contributed by atoms with E-state index in [1.54, 1.807) is 0 Å². The highest BCUT2D eigenvalue weighted by Gasteiger charge is 2.35. The van der Waals surface area contributed by atoms with E-state index in [0.717, 1.165) is 25.7 Å². The number of carboxylic acids is 1. The molecule has 0 aliphatic heterocycles. The maximum Gasteiger partial charge on any atom is 0.335 e. The fraction of sp³-hybridized carbons (Fsp3) is 0.667. The highest BCUT2D eigenvalue weighted by atomic mass is 32.2. The molecule has 0 aromatic heterocycles. The van der Waals surface area contributed by atoms with Crippen LogP contribution < -0.4 is 4.72 Å². The van der Waals surface area contributed by atoms with E-state index in [9.17, 15) is 23.1 Å². The first-order valence-corrected chi connectivity index (χ1v) is 13.0. The fourth-order valence-electron chi connectivity index (χ4n) is 4.72. The summed E-state index contributed by atoms with van der Waals surface area (Å²) in [5, 5.41) is 19.5. The summed E-state index contributed by atoms with van der Waals surface area (Å²) in [7, 11) is -4.03. The first kappa shape index (κ1) is 26.3. The molecule has 3 N–H and O–H groups in total. The Kier molecular flexibility index (Phi) is 9.28. The first-order valence-electron chi connectivity index (χ1n) is 11.5. The van der Waals surface area contributed by atoms with Gasteiger partial charge < -0.3 is 10.2 Å². The summed E-state index contributed by atoms with van der Waals surface area (Å²) >= 11 is 0. The number of aromatic carboxylic acids is 1. The highest BCUT2D eigenvalue weighted by Crippen LogP contribution is 2.42. The Morgan fingerprint density at radius 2 is 1.69 bits per heavy atom. The second kappa shape index (κ2) is 11.3. The van der Waals surface area contributed by atoms with Crippen molar-refractivity contribution in [2.24, 2.45) is 29.6 Å². The molecule has 1 saturated carbocycles. The quantitative estimate of drug-likeness (QED) is 0.451. The SMILES string of the molecule is CC[C@H](C)[C@@H](O)C(C)C1CC[C@H]([C@H](C)CCC(=O)NS(=O)(=O)c2ccc(C(=O)O)cc2)C1. The minimum absolute atomic E-state index is 0.0232. The zero-order chi connectivity index (χ0) is 24.1. The highest BCUT2D eigenvalue weighted by molar-refractivity contribution is 7.90. The number of benzene rings is 1. The van der Waals surface area contributed by atoms with E-state index in [4.69, 9.17) is 5.11 Å². The van der Waals surface area contributed by atoms with E-state index in [-0.39, 0.29) is 40.7 Å². The van der Waals surface area contributed by atoms with Gasteiger partial charge in [-0.15, -0.1) is 0 Å². The molecule has 1 fully saturated rings. The molecule has 1 aromatic carbocycles. The van der Waals surface area contributed by atoms with Crippen LogP contribution in [0.15, 0.2) is 29.2 Å². The van der Waals surface area contributed by atoms with Crippen molar-refractivity contribution < 1.29 is 28.2 Å². The number of carbonyl (C=O) groups is 2. The Morgan fingerprint density at radius 3 is 2.25 bits per heavy atom. The van der Waals surface area contributed by atoms with Crippen molar-refractivity contribution in [2.75, 3.05) is 0 Å². The lowest BCUT2D eigenvalue weighted by Gasteiger charge is -2.29. The topological polar surface area (TPSA) is 121 Å². The van der Waals surface area contributed by atoms with Gasteiger partial charge in [0.2, 0.25) is 5.91 Å². The van der Waals surface area contributed by atoms with Gasteiger partial charge in [0.25, 0.3) is 10.0 Å². The van der Waals surface area contributed by atoms with Gasteiger partial charge in [-0.3, -0.25) is 4.79 Å². The molecule has 0 bridgehead atoms. The van der Waals surface area contributed by atoms with Crippen molar-refractivity contribution in [2.45, 2.75) is 77.2 Å². The lowest BCUT2D eigenvalue weighted by Crippen LogP contribution is -2.31. The number of aliphatic hydroxyl groups excluding tert-OH is 1. The number of nitrogens with one attached hydrogen (secondary N) is 1. The van der Waals surface area contributed by atoms with Gasteiger partial charge in [0.15, 0.2) is 0 Å².